The Kier molecular flexibility index (Phi) is 5.73. The highest BCUT2D eigenvalue weighted by Gasteiger charge is 2.48. The number of hydrogen-bond acceptors (Lipinski definition) is 6. The lowest BCUT2D eigenvalue weighted by atomic mass is 9.73. The minimum absolute atomic E-state index is 0.215. The number of Topliss-reactive ketones (excluding diaryl/α,β-unsaturated/α-hetero) is 4. The van der Waals surface area contributed by atoms with Gasteiger partial charge < -0.3 is 0 Å². The van der Waals surface area contributed by atoms with Crippen molar-refractivity contribution in [3.05, 3.63) is 150 Å². The molecule has 50 heavy (non-hydrogen) atoms. The van der Waals surface area contributed by atoms with Gasteiger partial charge in [0.2, 0.25) is 0 Å². The van der Waals surface area contributed by atoms with Crippen LogP contribution in [-0.2, 0) is 10.8 Å². The minimum atomic E-state index is -0.430. The molecular formula is C44H28O4S2. The molecule has 4 aromatic carbocycles. The number of fused-ring (bicyclic) bond motifs is 9. The van der Waals surface area contributed by atoms with Gasteiger partial charge in [0.25, 0.3) is 0 Å². The fraction of sp³-hybridized carbons (Fsp3) is 0.136. The summed E-state index contributed by atoms with van der Waals surface area (Å²) in [6.45, 7) is 8.83. The Morgan fingerprint density at radius 2 is 0.980 bits per heavy atom. The number of carbonyl (C=O) groups excluding carboxylic acids is 4. The van der Waals surface area contributed by atoms with Gasteiger partial charge in [-0.1, -0.05) is 76.2 Å². The molecule has 0 fully saturated rings. The number of allylic oxidation sites excluding steroid dienone is 4. The predicted molar refractivity (Wildman–Crippen MR) is 202 cm³/mol. The molecule has 0 radical (unpaired) electrons. The van der Waals surface area contributed by atoms with Crippen LogP contribution in [0.4, 0.5) is 0 Å². The summed E-state index contributed by atoms with van der Waals surface area (Å²) in [6.07, 6.45) is 5.75. The molecule has 240 valence electrons. The van der Waals surface area contributed by atoms with E-state index in [2.05, 4.69) is 39.8 Å². The van der Waals surface area contributed by atoms with Gasteiger partial charge in [-0.3, -0.25) is 19.2 Å². The fourth-order valence-corrected chi connectivity index (χ4v) is 11.4. The van der Waals surface area contributed by atoms with Crippen molar-refractivity contribution in [2.75, 3.05) is 0 Å². The topological polar surface area (TPSA) is 68.3 Å². The molecule has 6 heteroatoms. The summed E-state index contributed by atoms with van der Waals surface area (Å²) in [5.41, 5.74) is 6.24. The van der Waals surface area contributed by atoms with E-state index >= 15 is 0 Å². The monoisotopic (exact) mass is 684 g/mol. The maximum Gasteiger partial charge on any atom is 0.197 e. The highest BCUT2D eigenvalue weighted by atomic mass is 32.1. The third-order valence-corrected chi connectivity index (χ3v) is 13.5. The average Bonchev–Trinajstić information content (AvgIpc) is 3.89. The summed E-state index contributed by atoms with van der Waals surface area (Å²) in [5.74, 6) is -0.868. The van der Waals surface area contributed by atoms with Crippen molar-refractivity contribution in [3.63, 3.8) is 0 Å². The Labute approximate surface area is 296 Å². The van der Waals surface area contributed by atoms with Crippen molar-refractivity contribution in [3.8, 4) is 9.75 Å². The zero-order chi connectivity index (χ0) is 34.4. The summed E-state index contributed by atoms with van der Waals surface area (Å²) >= 11 is 3.36. The zero-order valence-electron chi connectivity index (χ0n) is 27.7. The van der Waals surface area contributed by atoms with Crippen molar-refractivity contribution in [2.24, 2.45) is 0 Å². The van der Waals surface area contributed by atoms with E-state index in [1.807, 2.05) is 78.9 Å². The SMILES string of the molecule is CC1(C)C(C=C2C(=O)c3cc4ccccc4cc3C2=O)=Cc2sc3c(c21)C(C)(C)c1cc(C=C2C(=O)c4cc5ccccc5cc4C2=O)sc1-3. The molecule has 0 aliphatic heterocycles. The standard InChI is InChI=1S/C44H28O4S2/c1-43(2)25(17-31-37(45)27-13-21-9-5-6-10-22(21)14-28(27)38(31)46)18-34-35(43)36-42(50-34)41-33(44(36,3)4)20-26(49-41)19-32-39(47)29-15-23-11-7-8-12-24(23)16-30(29)40(32)48/h5-20H,1-4H3. The highest BCUT2D eigenvalue weighted by molar-refractivity contribution is 7.23. The van der Waals surface area contributed by atoms with Gasteiger partial charge in [0.1, 0.15) is 0 Å². The molecule has 4 nitrogen and oxygen atoms in total. The van der Waals surface area contributed by atoms with Gasteiger partial charge in [-0.2, -0.15) is 0 Å². The van der Waals surface area contributed by atoms with Crippen LogP contribution in [0.3, 0.4) is 0 Å². The Balaban J connectivity index is 1.02. The second-order valence-electron chi connectivity index (χ2n) is 14.7. The smallest absolute Gasteiger partial charge is 0.197 e. The normalized spacial score (nSPS) is 17.7. The molecule has 0 atom stereocenters. The minimum Gasteiger partial charge on any atom is -0.288 e. The first-order chi connectivity index (χ1) is 23.9. The number of rotatable bonds is 2. The van der Waals surface area contributed by atoms with E-state index in [-0.39, 0.29) is 39.7 Å². The van der Waals surface area contributed by atoms with Crippen molar-refractivity contribution < 1.29 is 19.2 Å². The van der Waals surface area contributed by atoms with Crippen LogP contribution < -0.4 is 0 Å². The molecule has 0 spiro atoms. The van der Waals surface area contributed by atoms with E-state index in [1.165, 1.54) is 26.4 Å². The first-order valence-corrected chi connectivity index (χ1v) is 18.3. The van der Waals surface area contributed by atoms with Gasteiger partial charge in [0.05, 0.1) is 11.1 Å². The summed E-state index contributed by atoms with van der Waals surface area (Å²) in [7, 11) is 0. The van der Waals surface area contributed by atoms with Gasteiger partial charge >= 0.3 is 0 Å². The van der Waals surface area contributed by atoms with Crippen LogP contribution >= 0.6 is 22.7 Å². The molecule has 0 unspecified atom stereocenters. The van der Waals surface area contributed by atoms with Crippen LogP contribution in [0.25, 0.3) is 43.5 Å². The van der Waals surface area contributed by atoms with E-state index in [0.717, 1.165) is 36.9 Å². The van der Waals surface area contributed by atoms with E-state index in [9.17, 15) is 19.2 Å². The summed E-state index contributed by atoms with van der Waals surface area (Å²) in [4.78, 5) is 58.7. The Morgan fingerprint density at radius 3 is 1.46 bits per heavy atom. The lowest BCUT2D eigenvalue weighted by Crippen LogP contribution is -2.24. The number of thiophene rings is 2. The van der Waals surface area contributed by atoms with Crippen LogP contribution in [0, 0.1) is 0 Å². The molecule has 2 aromatic heterocycles. The number of carbonyl (C=O) groups is 4. The molecule has 0 N–H and O–H groups in total. The van der Waals surface area contributed by atoms with Gasteiger partial charge in [-0.15, -0.1) is 22.7 Å². The van der Waals surface area contributed by atoms with Crippen LogP contribution in [-0.4, -0.2) is 23.1 Å². The van der Waals surface area contributed by atoms with Gasteiger partial charge in [0, 0.05) is 52.6 Å². The second-order valence-corrected chi connectivity index (χ2v) is 16.8. The van der Waals surface area contributed by atoms with Crippen LogP contribution in [0.2, 0.25) is 0 Å². The molecule has 0 saturated carbocycles. The lowest BCUT2D eigenvalue weighted by molar-refractivity contribution is 0.0974. The second kappa shape index (κ2) is 9.69. The Bertz CT molecular complexity index is 2660. The average molecular weight is 685 g/mol. The highest BCUT2D eigenvalue weighted by Crippen LogP contribution is 2.62. The zero-order valence-corrected chi connectivity index (χ0v) is 29.3. The van der Waals surface area contributed by atoms with Gasteiger partial charge in [0.15, 0.2) is 23.1 Å². The van der Waals surface area contributed by atoms with E-state index < -0.39 is 5.41 Å². The molecule has 4 aliphatic rings. The van der Waals surface area contributed by atoms with Gasteiger partial charge in [-0.05, 0) is 92.4 Å². The van der Waals surface area contributed by atoms with Crippen LogP contribution in [0.5, 0.6) is 0 Å². The quantitative estimate of drug-likeness (QED) is 0.134. The maximum absolute atomic E-state index is 13.6. The first-order valence-electron chi connectivity index (χ1n) is 16.7. The molecule has 0 amide bonds. The molecule has 6 aromatic rings. The molecule has 10 rings (SSSR count). The third kappa shape index (κ3) is 3.75. The lowest BCUT2D eigenvalue weighted by Gasteiger charge is -2.29. The summed E-state index contributed by atoms with van der Waals surface area (Å²) in [6, 6.07) is 25.1. The van der Waals surface area contributed by atoms with Crippen molar-refractivity contribution in [1.82, 2.24) is 0 Å². The number of ketones is 4. The molecule has 0 bridgehead atoms. The predicted octanol–water partition coefficient (Wildman–Crippen LogP) is 10.6. The molecule has 4 aliphatic carbocycles. The van der Waals surface area contributed by atoms with Crippen molar-refractivity contribution in [1.29, 1.82) is 0 Å². The summed E-state index contributed by atoms with van der Waals surface area (Å²) in [5, 5.41) is 3.78. The van der Waals surface area contributed by atoms with E-state index in [1.54, 1.807) is 28.7 Å². The Hall–Kier alpha value is -5.30. The first kappa shape index (κ1) is 29.6. The third-order valence-electron chi connectivity index (χ3n) is 11.1. The van der Waals surface area contributed by atoms with Crippen molar-refractivity contribution in [2.45, 2.75) is 38.5 Å². The largest absolute Gasteiger partial charge is 0.288 e. The van der Waals surface area contributed by atoms with Crippen LogP contribution in [0.15, 0.2) is 102 Å². The number of hydrogen-bond donors (Lipinski definition) is 0. The molecule has 0 saturated heterocycles. The fourth-order valence-electron chi connectivity index (χ4n) is 8.44. The number of benzene rings is 4. The van der Waals surface area contributed by atoms with Crippen LogP contribution in [0.1, 0.15) is 95.6 Å². The Morgan fingerprint density at radius 1 is 0.520 bits per heavy atom. The van der Waals surface area contributed by atoms with E-state index in [4.69, 9.17) is 0 Å². The van der Waals surface area contributed by atoms with Gasteiger partial charge in [-0.25, -0.2) is 0 Å². The van der Waals surface area contributed by atoms with E-state index in [0.29, 0.717) is 22.3 Å². The van der Waals surface area contributed by atoms with Crippen molar-refractivity contribution >= 4 is 79.5 Å². The molecular weight excluding hydrogens is 657 g/mol. The summed E-state index contributed by atoms with van der Waals surface area (Å²) < 4.78 is 0. The maximum atomic E-state index is 13.6. The molecule has 2 heterocycles.